The van der Waals surface area contributed by atoms with Gasteiger partial charge < -0.3 is 14.2 Å². The molecule has 0 unspecified atom stereocenters. The van der Waals surface area contributed by atoms with Crippen LogP contribution < -0.4 is 0 Å². The Morgan fingerprint density at radius 2 is 0.537 bits per heavy atom. The third-order valence-electron chi connectivity index (χ3n) is 12.5. The van der Waals surface area contributed by atoms with Gasteiger partial charge in [-0.05, 0) is 89.9 Å². The largest absolute Gasteiger partial charge is 0.462 e. The predicted molar refractivity (Wildman–Crippen MR) is 288 cm³/mol. The average Bonchev–Trinajstić information content (AvgIpc) is 3.33. The molecule has 0 aromatic heterocycles. The number of carbonyl (C=O) groups excluding carboxylic acids is 3. The number of ether oxygens (including phenoxy) is 3. The van der Waals surface area contributed by atoms with Gasteiger partial charge >= 0.3 is 17.9 Å². The second-order valence-corrected chi connectivity index (χ2v) is 19.2. The Bertz CT molecular complexity index is 1210. The molecule has 0 aliphatic rings. The summed E-state index contributed by atoms with van der Waals surface area (Å²) in [4.78, 5) is 38.1. The van der Waals surface area contributed by atoms with Crippen molar-refractivity contribution in [3.63, 3.8) is 0 Å². The summed E-state index contributed by atoms with van der Waals surface area (Å²) < 4.78 is 16.8. The van der Waals surface area contributed by atoms with E-state index in [1.54, 1.807) is 0 Å². The van der Waals surface area contributed by atoms with Gasteiger partial charge in [0.25, 0.3) is 0 Å². The minimum Gasteiger partial charge on any atom is -0.462 e. The van der Waals surface area contributed by atoms with Crippen molar-refractivity contribution >= 4 is 17.9 Å². The molecule has 0 rings (SSSR count). The molecule has 0 aromatic rings. The third kappa shape index (κ3) is 53.9. The molecular formula is C61H108O6. The van der Waals surface area contributed by atoms with E-state index in [2.05, 4.69) is 81.5 Å². The highest BCUT2D eigenvalue weighted by Gasteiger charge is 2.19. The van der Waals surface area contributed by atoms with Crippen LogP contribution in [0.15, 0.2) is 60.8 Å². The van der Waals surface area contributed by atoms with Gasteiger partial charge in [-0.1, -0.05) is 242 Å². The predicted octanol–water partition coefficient (Wildman–Crippen LogP) is 19.2. The van der Waals surface area contributed by atoms with Gasteiger partial charge in [-0.3, -0.25) is 14.4 Å². The van der Waals surface area contributed by atoms with Gasteiger partial charge in [0.05, 0.1) is 0 Å². The minimum atomic E-state index is -0.790. The monoisotopic (exact) mass is 937 g/mol. The highest BCUT2D eigenvalue weighted by atomic mass is 16.6. The molecule has 0 aromatic carbocycles. The Hall–Kier alpha value is -2.89. The minimum absolute atomic E-state index is 0.0854. The molecule has 1 atom stereocenters. The first-order valence-corrected chi connectivity index (χ1v) is 28.8. The lowest BCUT2D eigenvalue weighted by molar-refractivity contribution is -0.167. The highest BCUT2D eigenvalue weighted by molar-refractivity contribution is 5.71. The Kier molecular flexibility index (Phi) is 53.3. The summed E-state index contributed by atoms with van der Waals surface area (Å²) in [5, 5.41) is 0. The summed E-state index contributed by atoms with van der Waals surface area (Å²) in [6.45, 7) is 6.58. The van der Waals surface area contributed by atoms with Gasteiger partial charge in [-0.15, -0.1) is 0 Å². The lowest BCUT2D eigenvalue weighted by atomic mass is 10.0. The van der Waals surface area contributed by atoms with E-state index in [1.165, 1.54) is 173 Å². The van der Waals surface area contributed by atoms with Crippen molar-refractivity contribution in [1.82, 2.24) is 0 Å². The molecular weight excluding hydrogens is 829 g/mol. The molecule has 67 heavy (non-hydrogen) atoms. The van der Waals surface area contributed by atoms with Crippen molar-refractivity contribution in [2.45, 2.75) is 297 Å². The van der Waals surface area contributed by atoms with Crippen molar-refractivity contribution in [3.05, 3.63) is 60.8 Å². The van der Waals surface area contributed by atoms with Crippen molar-refractivity contribution < 1.29 is 28.6 Å². The van der Waals surface area contributed by atoms with Crippen LogP contribution in [0.2, 0.25) is 0 Å². The molecule has 6 nitrogen and oxygen atoms in total. The van der Waals surface area contributed by atoms with Gasteiger partial charge in [0.1, 0.15) is 13.2 Å². The Labute approximate surface area is 415 Å². The van der Waals surface area contributed by atoms with E-state index >= 15 is 0 Å². The standard InChI is InChI=1S/C61H108O6/c1-4-7-10-13-16-19-22-25-28-29-30-31-34-37-40-43-46-49-52-55-61(64)67-58(56-65-59(62)53-50-47-44-41-38-35-32-26-23-20-17-14-11-8-5-2)57-66-60(63)54-51-48-45-42-39-36-33-27-24-21-18-15-12-9-6-3/h16-17,19-20,25-26,28,32,38,41,58H,4-15,18,21-24,27,29-31,33-37,39-40,42-57H2,1-3H3/b19-16-,20-17-,28-25-,32-26-,41-38-/t58-/m1/s1. The molecule has 0 amide bonds. The van der Waals surface area contributed by atoms with Crippen LogP contribution in [0.1, 0.15) is 290 Å². The maximum Gasteiger partial charge on any atom is 0.306 e. The maximum absolute atomic E-state index is 12.9. The average molecular weight is 938 g/mol. The van der Waals surface area contributed by atoms with Gasteiger partial charge in [0, 0.05) is 19.3 Å². The van der Waals surface area contributed by atoms with Gasteiger partial charge in [0.2, 0.25) is 0 Å². The van der Waals surface area contributed by atoms with Crippen LogP contribution in [0.3, 0.4) is 0 Å². The van der Waals surface area contributed by atoms with Gasteiger partial charge in [0.15, 0.2) is 6.10 Å². The molecule has 0 aliphatic heterocycles. The summed E-state index contributed by atoms with van der Waals surface area (Å²) in [7, 11) is 0. The summed E-state index contributed by atoms with van der Waals surface area (Å²) in [6.07, 6.45) is 69.2. The van der Waals surface area contributed by atoms with E-state index in [0.717, 1.165) is 77.0 Å². The summed E-state index contributed by atoms with van der Waals surface area (Å²) >= 11 is 0. The number of unbranched alkanes of at least 4 members (excludes halogenated alkanes) is 31. The van der Waals surface area contributed by atoms with Crippen LogP contribution >= 0.6 is 0 Å². The van der Waals surface area contributed by atoms with E-state index in [9.17, 15) is 14.4 Å². The van der Waals surface area contributed by atoms with Crippen LogP contribution in [0.4, 0.5) is 0 Å². The molecule has 0 spiro atoms. The number of carbonyl (C=O) groups is 3. The number of rotatable bonds is 52. The van der Waals surface area contributed by atoms with Crippen molar-refractivity contribution in [3.8, 4) is 0 Å². The molecule has 6 heteroatoms. The lowest BCUT2D eigenvalue weighted by Gasteiger charge is -2.18. The van der Waals surface area contributed by atoms with Crippen LogP contribution in [-0.2, 0) is 28.6 Å². The van der Waals surface area contributed by atoms with E-state index in [0.29, 0.717) is 19.3 Å². The lowest BCUT2D eigenvalue weighted by Crippen LogP contribution is -2.30. The first-order chi connectivity index (χ1) is 33.0. The van der Waals surface area contributed by atoms with Crippen molar-refractivity contribution in [2.24, 2.45) is 0 Å². The second-order valence-electron chi connectivity index (χ2n) is 19.2. The quantitative estimate of drug-likeness (QED) is 0.0262. The fraction of sp³-hybridized carbons (Fsp3) is 0.787. The molecule has 0 aliphatic carbocycles. The highest BCUT2D eigenvalue weighted by Crippen LogP contribution is 2.16. The fourth-order valence-electron chi connectivity index (χ4n) is 8.13. The number of esters is 3. The van der Waals surface area contributed by atoms with Crippen LogP contribution in [0, 0.1) is 0 Å². The normalized spacial score (nSPS) is 12.5. The molecule has 0 saturated carbocycles. The second kappa shape index (κ2) is 55.7. The number of allylic oxidation sites excluding steroid dienone is 10. The third-order valence-corrected chi connectivity index (χ3v) is 12.5. The van der Waals surface area contributed by atoms with Crippen LogP contribution in [0.25, 0.3) is 0 Å². The Balaban J connectivity index is 4.41. The molecule has 0 radical (unpaired) electrons. The molecule has 388 valence electrons. The zero-order valence-electron chi connectivity index (χ0n) is 44.4. The zero-order chi connectivity index (χ0) is 48.6. The molecule has 0 heterocycles. The topological polar surface area (TPSA) is 78.9 Å². The van der Waals surface area contributed by atoms with Crippen LogP contribution in [-0.4, -0.2) is 37.2 Å². The zero-order valence-corrected chi connectivity index (χ0v) is 44.4. The van der Waals surface area contributed by atoms with E-state index in [1.807, 2.05) is 0 Å². The summed E-state index contributed by atoms with van der Waals surface area (Å²) in [5.74, 6) is -0.918. The Morgan fingerprint density at radius 3 is 0.896 bits per heavy atom. The van der Waals surface area contributed by atoms with Crippen LogP contribution in [0.5, 0.6) is 0 Å². The van der Waals surface area contributed by atoms with Gasteiger partial charge in [-0.2, -0.15) is 0 Å². The molecule has 0 bridgehead atoms. The van der Waals surface area contributed by atoms with Gasteiger partial charge in [-0.25, -0.2) is 0 Å². The van der Waals surface area contributed by atoms with Crippen molar-refractivity contribution in [2.75, 3.05) is 13.2 Å². The smallest absolute Gasteiger partial charge is 0.306 e. The maximum atomic E-state index is 12.9. The first kappa shape index (κ1) is 64.1. The van der Waals surface area contributed by atoms with Crippen molar-refractivity contribution in [1.29, 1.82) is 0 Å². The molecule has 0 N–H and O–H groups in total. The summed E-state index contributed by atoms with van der Waals surface area (Å²) in [6, 6.07) is 0. The first-order valence-electron chi connectivity index (χ1n) is 28.8. The summed E-state index contributed by atoms with van der Waals surface area (Å²) in [5.41, 5.74) is 0. The van der Waals surface area contributed by atoms with E-state index in [-0.39, 0.29) is 31.1 Å². The van der Waals surface area contributed by atoms with E-state index in [4.69, 9.17) is 14.2 Å². The molecule has 0 fully saturated rings. The van der Waals surface area contributed by atoms with E-state index < -0.39 is 6.10 Å². The fourth-order valence-corrected chi connectivity index (χ4v) is 8.13. The molecule has 0 saturated heterocycles. The Morgan fingerprint density at radius 1 is 0.299 bits per heavy atom. The number of hydrogen-bond acceptors (Lipinski definition) is 6. The number of hydrogen-bond donors (Lipinski definition) is 0. The SMILES string of the molecule is CCCCC/C=C\C/C=C\C/C=C\CCCCC(=O)OC[C@H](COC(=O)CCCCCCCCCCCCCCCCC)OC(=O)CCCCCCCCCCC/C=C\C/C=C\CCCCC.